The first kappa shape index (κ1) is 14.6. The molecule has 2 atom stereocenters. The van der Waals surface area contributed by atoms with Gasteiger partial charge in [0.25, 0.3) is 5.91 Å². The summed E-state index contributed by atoms with van der Waals surface area (Å²) in [6.07, 6.45) is 11.2. The number of amides is 1. The molecular formula is C17H26N2O2. The van der Waals surface area contributed by atoms with E-state index in [2.05, 4.69) is 11.9 Å². The van der Waals surface area contributed by atoms with E-state index in [-0.39, 0.29) is 11.3 Å². The van der Waals surface area contributed by atoms with Gasteiger partial charge in [0.1, 0.15) is 0 Å². The minimum atomic E-state index is 0.126. The number of nitrogens with zero attached hydrogens (tertiary/aromatic N) is 1. The monoisotopic (exact) mass is 290 g/mol. The van der Waals surface area contributed by atoms with E-state index in [9.17, 15) is 4.79 Å². The Morgan fingerprint density at radius 1 is 1.43 bits per heavy atom. The smallest absolute Gasteiger partial charge is 0.255 e. The molecule has 116 valence electrons. The summed E-state index contributed by atoms with van der Waals surface area (Å²) in [5.41, 5.74) is 0.956. The number of hydrogen-bond donors (Lipinski definition) is 1. The number of carbonyl (C=O) groups is 1. The van der Waals surface area contributed by atoms with Gasteiger partial charge in [-0.2, -0.15) is 0 Å². The average Bonchev–Trinajstić information content (AvgIpc) is 3.05. The number of rotatable bonds is 4. The van der Waals surface area contributed by atoms with Crippen LogP contribution in [0.1, 0.15) is 55.8 Å². The number of H-pyrrole nitrogens is 1. The summed E-state index contributed by atoms with van der Waals surface area (Å²) in [5, 5.41) is 0. The van der Waals surface area contributed by atoms with Gasteiger partial charge in [-0.25, -0.2) is 0 Å². The number of aromatic amines is 1. The van der Waals surface area contributed by atoms with E-state index in [0.29, 0.717) is 12.1 Å². The van der Waals surface area contributed by atoms with Crippen LogP contribution in [0.25, 0.3) is 0 Å². The van der Waals surface area contributed by atoms with Crippen LogP contribution in [0.5, 0.6) is 0 Å². The van der Waals surface area contributed by atoms with Gasteiger partial charge in [-0.1, -0.05) is 19.3 Å². The Morgan fingerprint density at radius 3 is 2.81 bits per heavy atom. The number of carbonyl (C=O) groups excluding carboxylic acids is 1. The molecule has 2 unspecified atom stereocenters. The van der Waals surface area contributed by atoms with Gasteiger partial charge in [-0.15, -0.1) is 0 Å². The fourth-order valence-corrected chi connectivity index (χ4v) is 4.37. The lowest BCUT2D eigenvalue weighted by Gasteiger charge is -2.60. The highest BCUT2D eigenvalue weighted by Crippen LogP contribution is 2.55. The number of aromatic nitrogens is 1. The first-order valence-corrected chi connectivity index (χ1v) is 8.20. The molecule has 3 rings (SSSR count). The molecule has 1 aromatic heterocycles. The predicted octanol–water partition coefficient (Wildman–Crippen LogP) is 3.21. The van der Waals surface area contributed by atoms with Gasteiger partial charge < -0.3 is 14.6 Å². The van der Waals surface area contributed by atoms with Crippen molar-refractivity contribution in [2.75, 3.05) is 13.7 Å². The fourth-order valence-electron chi connectivity index (χ4n) is 4.37. The summed E-state index contributed by atoms with van der Waals surface area (Å²) >= 11 is 0. The minimum Gasteiger partial charge on any atom is -0.378 e. The minimum absolute atomic E-state index is 0.126. The summed E-state index contributed by atoms with van der Waals surface area (Å²) in [5.74, 6) is 0.126. The molecule has 0 bridgehead atoms. The van der Waals surface area contributed by atoms with Crippen LogP contribution in [0.15, 0.2) is 18.5 Å². The number of ether oxygens (including phenoxy) is 1. The quantitative estimate of drug-likeness (QED) is 0.925. The van der Waals surface area contributed by atoms with Crippen molar-refractivity contribution in [3.8, 4) is 0 Å². The first-order chi connectivity index (χ1) is 10.2. The molecule has 1 N–H and O–H groups in total. The molecule has 1 aromatic rings. The van der Waals surface area contributed by atoms with E-state index in [1.165, 1.54) is 32.1 Å². The van der Waals surface area contributed by atoms with Crippen molar-refractivity contribution in [3.63, 3.8) is 0 Å². The lowest BCUT2D eigenvalue weighted by atomic mass is 9.54. The maximum absolute atomic E-state index is 12.6. The summed E-state index contributed by atoms with van der Waals surface area (Å²) in [7, 11) is 1.96. The molecule has 1 spiro atoms. The van der Waals surface area contributed by atoms with Crippen molar-refractivity contribution < 1.29 is 9.53 Å². The maximum Gasteiger partial charge on any atom is 0.255 e. The van der Waals surface area contributed by atoms with Crippen molar-refractivity contribution in [3.05, 3.63) is 24.0 Å². The van der Waals surface area contributed by atoms with Gasteiger partial charge >= 0.3 is 0 Å². The second kappa shape index (κ2) is 5.84. The lowest BCUT2D eigenvalue weighted by Crippen LogP contribution is -2.65. The van der Waals surface area contributed by atoms with Crippen LogP contribution in [0, 0.1) is 5.41 Å². The highest BCUT2D eigenvalue weighted by atomic mass is 16.5. The Bertz CT molecular complexity index is 477. The summed E-state index contributed by atoms with van der Waals surface area (Å²) in [6, 6.07) is 2.18. The van der Waals surface area contributed by atoms with Crippen LogP contribution in [0.4, 0.5) is 0 Å². The third kappa shape index (κ3) is 2.39. The topological polar surface area (TPSA) is 45.3 Å². The molecule has 0 saturated heterocycles. The van der Waals surface area contributed by atoms with E-state index in [0.717, 1.165) is 18.6 Å². The van der Waals surface area contributed by atoms with Crippen molar-refractivity contribution in [2.24, 2.45) is 5.41 Å². The largest absolute Gasteiger partial charge is 0.378 e. The molecule has 0 radical (unpaired) electrons. The van der Waals surface area contributed by atoms with Crippen LogP contribution >= 0.6 is 0 Å². The maximum atomic E-state index is 12.6. The van der Waals surface area contributed by atoms with Crippen LogP contribution in [-0.4, -0.2) is 41.6 Å². The van der Waals surface area contributed by atoms with Crippen LogP contribution in [-0.2, 0) is 4.74 Å². The van der Waals surface area contributed by atoms with E-state index in [1.54, 1.807) is 12.4 Å². The molecular weight excluding hydrogens is 264 g/mol. The fraction of sp³-hybridized carbons (Fsp3) is 0.706. The van der Waals surface area contributed by atoms with Gasteiger partial charge in [0.2, 0.25) is 0 Å². The van der Waals surface area contributed by atoms with Crippen LogP contribution in [0.2, 0.25) is 0 Å². The first-order valence-electron chi connectivity index (χ1n) is 8.20. The SMILES string of the molecule is CCOC1CC(N(C)C(=O)c2cc[nH]c2)C12CCCCC2. The molecule has 2 fully saturated rings. The average molecular weight is 290 g/mol. The standard InChI is InChI=1S/C17H26N2O2/c1-3-21-15-11-14(17(15)8-5-4-6-9-17)19(2)16(20)13-7-10-18-12-13/h7,10,12,14-15,18H,3-6,8-9,11H2,1-2H3. The summed E-state index contributed by atoms with van der Waals surface area (Å²) < 4.78 is 5.98. The highest BCUT2D eigenvalue weighted by molar-refractivity contribution is 5.94. The molecule has 4 nitrogen and oxygen atoms in total. The Hall–Kier alpha value is -1.29. The number of nitrogens with one attached hydrogen (secondary N) is 1. The zero-order valence-electron chi connectivity index (χ0n) is 13.1. The highest BCUT2D eigenvalue weighted by Gasteiger charge is 2.57. The van der Waals surface area contributed by atoms with Gasteiger partial charge in [0.05, 0.1) is 11.7 Å². The Balaban J connectivity index is 1.76. The molecule has 1 amide bonds. The molecule has 0 aliphatic heterocycles. The third-order valence-electron chi connectivity index (χ3n) is 5.53. The van der Waals surface area contributed by atoms with Crippen molar-refractivity contribution in [1.29, 1.82) is 0 Å². The van der Waals surface area contributed by atoms with E-state index < -0.39 is 0 Å². The van der Waals surface area contributed by atoms with Crippen molar-refractivity contribution in [1.82, 2.24) is 9.88 Å². The molecule has 21 heavy (non-hydrogen) atoms. The van der Waals surface area contributed by atoms with Gasteiger partial charge in [-0.05, 0) is 32.3 Å². The normalized spacial score (nSPS) is 27.3. The molecule has 1 heterocycles. The second-order valence-corrected chi connectivity index (χ2v) is 6.51. The van der Waals surface area contributed by atoms with Crippen molar-refractivity contribution in [2.45, 2.75) is 57.6 Å². The second-order valence-electron chi connectivity index (χ2n) is 6.51. The molecule has 2 aliphatic rings. The summed E-state index contributed by atoms with van der Waals surface area (Å²) in [4.78, 5) is 17.5. The molecule has 2 aliphatic carbocycles. The Labute approximate surface area is 126 Å². The van der Waals surface area contributed by atoms with E-state index in [4.69, 9.17) is 4.74 Å². The van der Waals surface area contributed by atoms with Gasteiger partial charge in [0.15, 0.2) is 0 Å². The van der Waals surface area contributed by atoms with Crippen LogP contribution < -0.4 is 0 Å². The zero-order valence-corrected chi connectivity index (χ0v) is 13.1. The molecule has 4 heteroatoms. The molecule has 2 saturated carbocycles. The zero-order chi connectivity index (χ0) is 14.9. The van der Waals surface area contributed by atoms with Gasteiger partial charge in [-0.3, -0.25) is 4.79 Å². The van der Waals surface area contributed by atoms with E-state index >= 15 is 0 Å². The molecule has 0 aromatic carbocycles. The Morgan fingerprint density at radius 2 is 2.19 bits per heavy atom. The van der Waals surface area contributed by atoms with Crippen molar-refractivity contribution >= 4 is 5.91 Å². The van der Waals surface area contributed by atoms with E-state index in [1.807, 2.05) is 18.0 Å². The number of hydrogen-bond acceptors (Lipinski definition) is 2. The Kier molecular flexibility index (Phi) is 4.07. The predicted molar refractivity (Wildman–Crippen MR) is 82.2 cm³/mol. The third-order valence-corrected chi connectivity index (χ3v) is 5.53. The summed E-state index contributed by atoms with van der Waals surface area (Å²) in [6.45, 7) is 2.84. The lowest BCUT2D eigenvalue weighted by molar-refractivity contribution is -0.170. The van der Waals surface area contributed by atoms with Gasteiger partial charge in [0, 0.05) is 37.5 Å². The van der Waals surface area contributed by atoms with Crippen LogP contribution in [0.3, 0.4) is 0 Å².